The predicted octanol–water partition coefficient (Wildman–Crippen LogP) is 2.78. The number of methoxy groups -OCH3 is 1. The molecule has 3 aromatic rings. The number of fused-ring (bicyclic) bond motifs is 1. The summed E-state index contributed by atoms with van der Waals surface area (Å²) >= 11 is 0. The monoisotopic (exact) mass is 387 g/mol. The van der Waals surface area contributed by atoms with Crippen LogP contribution in [0, 0.1) is 18.3 Å². The van der Waals surface area contributed by atoms with Gasteiger partial charge in [-0.2, -0.15) is 5.26 Å². The highest BCUT2D eigenvalue weighted by Gasteiger charge is 2.25. The van der Waals surface area contributed by atoms with Crippen molar-refractivity contribution in [2.45, 2.75) is 6.92 Å². The van der Waals surface area contributed by atoms with Crippen molar-refractivity contribution in [2.75, 3.05) is 38.2 Å². The van der Waals surface area contributed by atoms with Gasteiger partial charge in [-0.15, -0.1) is 0 Å². The summed E-state index contributed by atoms with van der Waals surface area (Å²) in [6, 6.07) is 13.3. The number of hydrogen-bond donors (Lipinski definition) is 0. The van der Waals surface area contributed by atoms with Crippen LogP contribution in [0.25, 0.3) is 10.9 Å². The second-order valence-electron chi connectivity index (χ2n) is 6.95. The Morgan fingerprint density at radius 1 is 1.17 bits per heavy atom. The van der Waals surface area contributed by atoms with E-state index in [1.165, 1.54) is 0 Å². The fourth-order valence-electron chi connectivity index (χ4n) is 3.61. The minimum absolute atomic E-state index is 0.0195. The highest BCUT2D eigenvalue weighted by molar-refractivity contribution is 5.99. The molecule has 1 aliphatic rings. The number of nitriles is 1. The van der Waals surface area contributed by atoms with Crippen molar-refractivity contribution in [3.63, 3.8) is 0 Å². The zero-order valence-electron chi connectivity index (χ0n) is 16.4. The molecule has 7 heteroatoms. The van der Waals surface area contributed by atoms with Crippen LogP contribution in [0.3, 0.4) is 0 Å². The lowest BCUT2D eigenvalue weighted by atomic mass is 10.1. The SMILES string of the molecule is COc1ccc2cc(C(=O)N3CCN(c4ncccc4C#N)CC3)c(C)nc2c1. The molecule has 0 saturated carbocycles. The number of rotatable bonds is 3. The van der Waals surface area contributed by atoms with Crippen LogP contribution in [-0.2, 0) is 0 Å². The molecule has 1 aromatic carbocycles. The topological polar surface area (TPSA) is 82.4 Å². The molecule has 3 heterocycles. The minimum atomic E-state index is -0.0195. The summed E-state index contributed by atoms with van der Waals surface area (Å²) < 4.78 is 5.25. The summed E-state index contributed by atoms with van der Waals surface area (Å²) in [4.78, 5) is 26.0. The zero-order valence-corrected chi connectivity index (χ0v) is 16.4. The first-order valence-corrected chi connectivity index (χ1v) is 9.45. The molecule has 0 aliphatic carbocycles. The van der Waals surface area contributed by atoms with Gasteiger partial charge in [-0.3, -0.25) is 9.78 Å². The van der Waals surface area contributed by atoms with E-state index in [9.17, 15) is 10.1 Å². The summed E-state index contributed by atoms with van der Waals surface area (Å²) in [6.45, 7) is 4.26. The summed E-state index contributed by atoms with van der Waals surface area (Å²) in [7, 11) is 1.62. The average Bonchev–Trinajstić information content (AvgIpc) is 2.77. The minimum Gasteiger partial charge on any atom is -0.497 e. The number of amides is 1. The van der Waals surface area contributed by atoms with Gasteiger partial charge in [-0.25, -0.2) is 4.98 Å². The molecule has 0 unspecified atom stereocenters. The van der Waals surface area contributed by atoms with Crippen LogP contribution in [-0.4, -0.2) is 54.1 Å². The summed E-state index contributed by atoms with van der Waals surface area (Å²) in [5.41, 5.74) is 2.68. The van der Waals surface area contributed by atoms with Crippen LogP contribution in [0.5, 0.6) is 5.75 Å². The lowest BCUT2D eigenvalue weighted by Gasteiger charge is -2.35. The highest BCUT2D eigenvalue weighted by atomic mass is 16.5. The molecule has 1 aliphatic heterocycles. The number of benzene rings is 1. The molecule has 1 saturated heterocycles. The van der Waals surface area contributed by atoms with Crippen LogP contribution in [0.1, 0.15) is 21.6 Å². The number of aryl methyl sites for hydroxylation is 1. The summed E-state index contributed by atoms with van der Waals surface area (Å²) in [6.07, 6.45) is 1.69. The molecular formula is C22H21N5O2. The quantitative estimate of drug-likeness (QED) is 0.687. The summed E-state index contributed by atoms with van der Waals surface area (Å²) in [5.74, 6) is 1.40. The fourth-order valence-corrected chi connectivity index (χ4v) is 3.61. The zero-order chi connectivity index (χ0) is 20.4. The molecule has 1 fully saturated rings. The third-order valence-electron chi connectivity index (χ3n) is 5.22. The molecule has 146 valence electrons. The van der Waals surface area contributed by atoms with Crippen molar-refractivity contribution < 1.29 is 9.53 Å². The largest absolute Gasteiger partial charge is 0.497 e. The highest BCUT2D eigenvalue weighted by Crippen LogP contribution is 2.24. The molecule has 2 aromatic heterocycles. The number of hydrogen-bond acceptors (Lipinski definition) is 6. The number of pyridine rings is 2. The molecule has 7 nitrogen and oxygen atoms in total. The number of nitrogens with zero attached hydrogens (tertiary/aromatic N) is 5. The van der Waals surface area contributed by atoms with Gasteiger partial charge in [0.2, 0.25) is 0 Å². The average molecular weight is 387 g/mol. The van der Waals surface area contributed by atoms with E-state index in [-0.39, 0.29) is 5.91 Å². The Morgan fingerprint density at radius 3 is 2.69 bits per heavy atom. The van der Waals surface area contributed by atoms with Crippen molar-refractivity contribution in [1.82, 2.24) is 14.9 Å². The molecule has 0 spiro atoms. The van der Waals surface area contributed by atoms with Gasteiger partial charge in [0.15, 0.2) is 0 Å². The van der Waals surface area contributed by atoms with Crippen LogP contribution in [0.4, 0.5) is 5.82 Å². The second kappa shape index (κ2) is 7.76. The number of piperazine rings is 1. The van der Waals surface area contributed by atoms with Gasteiger partial charge in [0.25, 0.3) is 5.91 Å². The number of aromatic nitrogens is 2. The van der Waals surface area contributed by atoms with Gasteiger partial charge in [0.05, 0.1) is 29.4 Å². The van der Waals surface area contributed by atoms with Crippen molar-refractivity contribution in [3.8, 4) is 11.8 Å². The number of anilines is 1. The maximum absolute atomic E-state index is 13.1. The van der Waals surface area contributed by atoms with E-state index in [4.69, 9.17) is 4.74 Å². The maximum Gasteiger partial charge on any atom is 0.255 e. The molecule has 0 N–H and O–H groups in total. The smallest absolute Gasteiger partial charge is 0.255 e. The standard InChI is InChI=1S/C22H21N5O2/c1-15-19(12-16-5-6-18(29-2)13-20(16)25-15)22(28)27-10-8-26(9-11-27)21-17(14-23)4-3-7-24-21/h3-7,12-13H,8-11H2,1-2H3. The third kappa shape index (κ3) is 3.57. The Labute approximate surface area is 169 Å². The van der Waals surface area contributed by atoms with Gasteiger partial charge in [0.1, 0.15) is 17.6 Å². The van der Waals surface area contributed by atoms with Gasteiger partial charge >= 0.3 is 0 Å². The Kier molecular flexibility index (Phi) is 5.00. The molecule has 0 atom stereocenters. The normalized spacial score (nSPS) is 14.0. The first-order valence-electron chi connectivity index (χ1n) is 9.45. The maximum atomic E-state index is 13.1. The fraction of sp³-hybridized carbons (Fsp3) is 0.273. The third-order valence-corrected chi connectivity index (χ3v) is 5.22. The van der Waals surface area contributed by atoms with E-state index in [0.29, 0.717) is 48.8 Å². The van der Waals surface area contributed by atoms with Gasteiger partial charge in [0, 0.05) is 43.8 Å². The predicted molar refractivity (Wildman–Crippen MR) is 110 cm³/mol. The van der Waals surface area contributed by atoms with E-state index in [1.807, 2.05) is 36.1 Å². The van der Waals surface area contributed by atoms with Gasteiger partial charge in [-0.1, -0.05) is 0 Å². The van der Waals surface area contributed by atoms with Crippen LogP contribution >= 0.6 is 0 Å². The molecule has 29 heavy (non-hydrogen) atoms. The first kappa shape index (κ1) is 18.7. The lowest BCUT2D eigenvalue weighted by Crippen LogP contribution is -2.49. The van der Waals surface area contributed by atoms with E-state index < -0.39 is 0 Å². The first-order chi connectivity index (χ1) is 14.1. The Morgan fingerprint density at radius 2 is 1.97 bits per heavy atom. The van der Waals surface area contributed by atoms with E-state index in [1.54, 1.807) is 25.4 Å². The van der Waals surface area contributed by atoms with Crippen LogP contribution in [0.15, 0.2) is 42.6 Å². The van der Waals surface area contributed by atoms with Crippen molar-refractivity contribution in [1.29, 1.82) is 5.26 Å². The molecule has 0 bridgehead atoms. The molecule has 1 amide bonds. The Balaban J connectivity index is 1.52. The van der Waals surface area contributed by atoms with E-state index in [0.717, 1.165) is 16.7 Å². The Hall–Kier alpha value is -3.66. The summed E-state index contributed by atoms with van der Waals surface area (Å²) in [5, 5.41) is 10.2. The Bertz CT molecular complexity index is 1110. The molecule has 4 rings (SSSR count). The lowest BCUT2D eigenvalue weighted by molar-refractivity contribution is 0.0745. The number of ether oxygens (including phenoxy) is 1. The number of carbonyl (C=O) groups excluding carboxylic acids is 1. The van der Waals surface area contributed by atoms with Crippen molar-refractivity contribution in [3.05, 3.63) is 59.4 Å². The van der Waals surface area contributed by atoms with Gasteiger partial charge < -0.3 is 14.5 Å². The van der Waals surface area contributed by atoms with Crippen LogP contribution in [0.2, 0.25) is 0 Å². The van der Waals surface area contributed by atoms with Crippen molar-refractivity contribution >= 4 is 22.6 Å². The molecule has 0 radical (unpaired) electrons. The van der Waals surface area contributed by atoms with Gasteiger partial charge in [-0.05, 0) is 37.3 Å². The number of carbonyl (C=O) groups is 1. The van der Waals surface area contributed by atoms with Crippen molar-refractivity contribution in [2.24, 2.45) is 0 Å². The molecular weight excluding hydrogens is 366 g/mol. The van der Waals surface area contributed by atoms with E-state index in [2.05, 4.69) is 20.9 Å². The second-order valence-corrected chi connectivity index (χ2v) is 6.95. The van der Waals surface area contributed by atoms with Crippen LogP contribution < -0.4 is 9.64 Å². The van der Waals surface area contributed by atoms with E-state index >= 15 is 0 Å².